The Morgan fingerprint density at radius 3 is 1.92 bits per heavy atom. The van der Waals surface area contributed by atoms with Gasteiger partial charge in [0, 0.05) is 0 Å². The van der Waals surface area contributed by atoms with Crippen LogP contribution in [0.25, 0.3) is 0 Å². The lowest BCUT2D eigenvalue weighted by Crippen LogP contribution is -2.30. The van der Waals surface area contributed by atoms with Gasteiger partial charge in [0.15, 0.2) is 0 Å². The first-order valence-corrected chi connectivity index (χ1v) is 4.83. The second-order valence-electron chi connectivity index (χ2n) is 3.85. The third-order valence-electron chi connectivity index (χ3n) is 3.16. The van der Waals surface area contributed by atoms with Crippen LogP contribution in [0.1, 0.15) is 34.1 Å². The average Bonchev–Trinajstić information content (AvgIpc) is 2.12. The van der Waals surface area contributed by atoms with E-state index in [1.807, 2.05) is 6.92 Å². The van der Waals surface area contributed by atoms with Gasteiger partial charge >= 0.3 is 0 Å². The van der Waals surface area contributed by atoms with Crippen LogP contribution in [0.2, 0.25) is 0 Å². The summed E-state index contributed by atoms with van der Waals surface area (Å²) in [5, 5.41) is 18.1. The maximum absolute atomic E-state index is 9.39. The van der Waals surface area contributed by atoms with Crippen molar-refractivity contribution in [2.45, 2.75) is 40.2 Å². The zero-order chi connectivity index (χ0) is 9.72. The minimum absolute atomic E-state index is 0.123. The summed E-state index contributed by atoms with van der Waals surface area (Å²) in [6.07, 6.45) is 0.568. The molecule has 0 saturated heterocycles. The Balaban J connectivity index is 3.99. The molecule has 0 aliphatic heterocycles. The molecule has 0 bridgehead atoms. The fourth-order valence-electron chi connectivity index (χ4n) is 1.41. The number of aliphatic hydroxyl groups excluding tert-OH is 2. The number of aliphatic hydroxyl groups is 2. The topological polar surface area (TPSA) is 40.5 Å². The van der Waals surface area contributed by atoms with Crippen LogP contribution in [-0.4, -0.2) is 22.9 Å². The van der Waals surface area contributed by atoms with Crippen molar-refractivity contribution < 1.29 is 10.2 Å². The summed E-state index contributed by atoms with van der Waals surface area (Å²) in [7, 11) is 0. The van der Waals surface area contributed by atoms with Crippen LogP contribution < -0.4 is 0 Å². The van der Waals surface area contributed by atoms with Gasteiger partial charge in [-0.1, -0.05) is 34.1 Å². The molecule has 2 N–H and O–H groups in total. The van der Waals surface area contributed by atoms with Gasteiger partial charge in [0.05, 0.1) is 12.7 Å². The maximum Gasteiger partial charge on any atom is 0.0799 e. The minimum atomic E-state index is -0.561. The summed E-state index contributed by atoms with van der Waals surface area (Å²) >= 11 is 0. The summed E-state index contributed by atoms with van der Waals surface area (Å²) in [6, 6.07) is 0. The van der Waals surface area contributed by atoms with E-state index in [9.17, 15) is 5.11 Å². The van der Waals surface area contributed by atoms with E-state index in [4.69, 9.17) is 5.11 Å². The van der Waals surface area contributed by atoms with Crippen molar-refractivity contribution in [2.75, 3.05) is 6.61 Å². The molecule has 2 nitrogen and oxygen atoms in total. The lowest BCUT2D eigenvalue weighted by atomic mass is 9.81. The van der Waals surface area contributed by atoms with Gasteiger partial charge in [-0.2, -0.15) is 0 Å². The molecule has 0 saturated carbocycles. The van der Waals surface area contributed by atoms with Gasteiger partial charge in [0.1, 0.15) is 0 Å². The van der Waals surface area contributed by atoms with Crippen molar-refractivity contribution in [3.8, 4) is 0 Å². The van der Waals surface area contributed by atoms with Gasteiger partial charge in [-0.3, -0.25) is 0 Å². The Hall–Kier alpha value is -0.0800. The largest absolute Gasteiger partial charge is 0.394 e. The molecule has 0 aromatic carbocycles. The fourth-order valence-corrected chi connectivity index (χ4v) is 1.41. The molecule has 0 heterocycles. The molecule has 0 aliphatic rings. The molecule has 0 rings (SSSR count). The van der Waals surface area contributed by atoms with E-state index in [0.29, 0.717) is 11.8 Å². The molecular weight excluding hydrogens is 152 g/mol. The third-order valence-corrected chi connectivity index (χ3v) is 3.16. The second kappa shape index (κ2) is 5.55. The molecule has 2 heteroatoms. The molecular formula is C10H22O2. The molecule has 0 aliphatic carbocycles. The van der Waals surface area contributed by atoms with E-state index in [0.717, 1.165) is 6.42 Å². The predicted octanol–water partition coefficient (Wildman–Crippen LogP) is 1.66. The highest BCUT2D eigenvalue weighted by Crippen LogP contribution is 2.25. The molecule has 0 radical (unpaired) electrons. The van der Waals surface area contributed by atoms with Crippen LogP contribution >= 0.6 is 0 Å². The molecule has 0 amide bonds. The van der Waals surface area contributed by atoms with Gasteiger partial charge in [-0.25, -0.2) is 0 Å². The smallest absolute Gasteiger partial charge is 0.0799 e. The first kappa shape index (κ1) is 11.9. The van der Waals surface area contributed by atoms with E-state index in [1.54, 1.807) is 0 Å². The Kier molecular flexibility index (Phi) is 5.51. The van der Waals surface area contributed by atoms with Crippen molar-refractivity contribution in [3.63, 3.8) is 0 Å². The SMILES string of the molecule is CCC(C)C(C)C(C)C(O)CO. The van der Waals surface area contributed by atoms with Crippen molar-refractivity contribution in [2.24, 2.45) is 17.8 Å². The van der Waals surface area contributed by atoms with E-state index in [1.165, 1.54) is 0 Å². The number of hydrogen-bond acceptors (Lipinski definition) is 2. The predicted molar refractivity (Wildman–Crippen MR) is 50.9 cm³/mol. The lowest BCUT2D eigenvalue weighted by molar-refractivity contribution is 0.0227. The van der Waals surface area contributed by atoms with Crippen LogP contribution in [0.15, 0.2) is 0 Å². The van der Waals surface area contributed by atoms with Crippen molar-refractivity contribution >= 4 is 0 Å². The lowest BCUT2D eigenvalue weighted by Gasteiger charge is -2.28. The van der Waals surface area contributed by atoms with Gasteiger partial charge in [-0.15, -0.1) is 0 Å². The highest BCUT2D eigenvalue weighted by atomic mass is 16.3. The van der Waals surface area contributed by atoms with Crippen LogP contribution in [0, 0.1) is 17.8 Å². The summed E-state index contributed by atoms with van der Waals surface area (Å²) in [5.74, 6) is 1.27. The molecule has 0 spiro atoms. The zero-order valence-corrected chi connectivity index (χ0v) is 8.62. The highest BCUT2D eigenvalue weighted by Gasteiger charge is 2.23. The summed E-state index contributed by atoms with van der Waals surface area (Å²) in [6.45, 7) is 8.35. The van der Waals surface area contributed by atoms with Gasteiger partial charge < -0.3 is 10.2 Å². The monoisotopic (exact) mass is 174 g/mol. The quantitative estimate of drug-likeness (QED) is 0.665. The Morgan fingerprint density at radius 1 is 1.08 bits per heavy atom. The van der Waals surface area contributed by atoms with Crippen molar-refractivity contribution in [1.82, 2.24) is 0 Å². The summed E-state index contributed by atoms with van der Waals surface area (Å²) in [5.41, 5.74) is 0. The van der Waals surface area contributed by atoms with E-state index in [2.05, 4.69) is 20.8 Å². The molecule has 0 aromatic rings. The molecule has 0 fully saturated rings. The van der Waals surface area contributed by atoms with Gasteiger partial charge in [0.2, 0.25) is 0 Å². The summed E-state index contributed by atoms with van der Waals surface area (Å²) < 4.78 is 0. The zero-order valence-electron chi connectivity index (χ0n) is 8.62. The van der Waals surface area contributed by atoms with Gasteiger partial charge in [0.25, 0.3) is 0 Å². The molecule has 12 heavy (non-hydrogen) atoms. The fraction of sp³-hybridized carbons (Fsp3) is 1.00. The first-order chi connectivity index (χ1) is 5.54. The number of rotatable bonds is 5. The molecule has 4 unspecified atom stereocenters. The summed E-state index contributed by atoms with van der Waals surface area (Å²) in [4.78, 5) is 0. The maximum atomic E-state index is 9.39. The second-order valence-corrected chi connectivity index (χ2v) is 3.85. The minimum Gasteiger partial charge on any atom is -0.394 e. The van der Waals surface area contributed by atoms with Crippen LogP contribution in [0.3, 0.4) is 0 Å². The molecule has 4 atom stereocenters. The van der Waals surface area contributed by atoms with Crippen molar-refractivity contribution in [1.29, 1.82) is 0 Å². The molecule has 0 aromatic heterocycles. The Labute approximate surface area is 75.6 Å². The first-order valence-electron chi connectivity index (χ1n) is 4.83. The van der Waals surface area contributed by atoms with Gasteiger partial charge in [-0.05, 0) is 17.8 Å². The normalized spacial score (nSPS) is 21.5. The van der Waals surface area contributed by atoms with Crippen molar-refractivity contribution in [3.05, 3.63) is 0 Å². The van der Waals surface area contributed by atoms with Crippen LogP contribution in [-0.2, 0) is 0 Å². The van der Waals surface area contributed by atoms with E-state index < -0.39 is 6.10 Å². The standard InChI is InChI=1S/C10H22O2/c1-5-7(2)8(3)9(4)10(12)6-11/h7-12H,5-6H2,1-4H3. The average molecular weight is 174 g/mol. The van der Waals surface area contributed by atoms with Crippen LogP contribution in [0.5, 0.6) is 0 Å². The number of hydrogen-bond donors (Lipinski definition) is 2. The van der Waals surface area contributed by atoms with E-state index >= 15 is 0 Å². The van der Waals surface area contributed by atoms with Crippen LogP contribution in [0.4, 0.5) is 0 Å². The van der Waals surface area contributed by atoms with E-state index in [-0.39, 0.29) is 12.5 Å². The highest BCUT2D eigenvalue weighted by molar-refractivity contribution is 4.72. The Morgan fingerprint density at radius 2 is 1.58 bits per heavy atom. The third kappa shape index (κ3) is 3.11. The Bertz CT molecular complexity index is 100. The molecule has 74 valence electrons.